The van der Waals surface area contributed by atoms with E-state index >= 15 is 0 Å². The molecular weight excluding hydrogens is 324 g/mol. The third-order valence-electron chi connectivity index (χ3n) is 5.49. The average Bonchev–Trinajstić information content (AvgIpc) is 3.01. The summed E-state index contributed by atoms with van der Waals surface area (Å²) >= 11 is 0. The molecule has 2 aliphatic rings. The Morgan fingerprint density at radius 3 is 2.42 bits per heavy atom. The Bertz CT molecular complexity index is 810. The van der Waals surface area contributed by atoms with Crippen LogP contribution in [0.25, 0.3) is 11.1 Å². The maximum atomic E-state index is 12.5. The first kappa shape index (κ1) is 16.7. The number of benzene rings is 2. The first-order valence-corrected chi connectivity index (χ1v) is 9.25. The number of likely N-dealkylation sites (tertiary alicyclic amines) is 1. The second-order valence-electron chi connectivity index (χ2n) is 7.12. The fraction of sp³-hybridized carbons (Fsp3) is 0.364. The van der Waals surface area contributed by atoms with E-state index in [1.807, 2.05) is 24.3 Å². The molecule has 1 heterocycles. The van der Waals surface area contributed by atoms with Crippen molar-refractivity contribution in [2.24, 2.45) is 5.92 Å². The van der Waals surface area contributed by atoms with E-state index in [9.17, 15) is 4.79 Å². The van der Waals surface area contributed by atoms with Crippen LogP contribution in [0.15, 0.2) is 48.5 Å². The fourth-order valence-corrected chi connectivity index (χ4v) is 4.21. The zero-order valence-electron chi connectivity index (χ0n) is 14.7. The molecule has 2 aromatic rings. The lowest BCUT2D eigenvalue weighted by atomic mass is 9.96. The molecule has 4 rings (SSSR count). The molecule has 26 heavy (non-hydrogen) atoms. The molecule has 1 aliphatic heterocycles. The van der Waals surface area contributed by atoms with Crippen LogP contribution in [0, 0.1) is 17.2 Å². The molecule has 1 amide bonds. The van der Waals surface area contributed by atoms with Crippen molar-refractivity contribution >= 4 is 6.09 Å². The zero-order valence-corrected chi connectivity index (χ0v) is 14.7. The number of hydrogen-bond acceptors (Lipinski definition) is 3. The van der Waals surface area contributed by atoms with E-state index in [-0.39, 0.29) is 17.9 Å². The molecule has 0 saturated carbocycles. The number of amides is 1. The molecule has 0 N–H and O–H groups in total. The Kier molecular flexibility index (Phi) is 4.62. The van der Waals surface area contributed by atoms with Crippen LogP contribution in [0.2, 0.25) is 0 Å². The number of fused-ring (bicyclic) bond motifs is 3. The number of piperidine rings is 1. The summed E-state index contributed by atoms with van der Waals surface area (Å²) in [6.45, 7) is 1.70. The minimum absolute atomic E-state index is 0.0889. The van der Waals surface area contributed by atoms with Gasteiger partial charge in [-0.1, -0.05) is 48.5 Å². The third kappa shape index (κ3) is 3.06. The second kappa shape index (κ2) is 7.21. The molecule has 1 unspecified atom stereocenters. The number of rotatable bonds is 3. The number of ether oxygens (including phenoxy) is 1. The summed E-state index contributed by atoms with van der Waals surface area (Å²) in [5, 5.41) is 8.89. The number of hydrogen-bond donors (Lipinski definition) is 0. The first-order valence-electron chi connectivity index (χ1n) is 9.25. The zero-order chi connectivity index (χ0) is 17.9. The van der Waals surface area contributed by atoms with Crippen molar-refractivity contribution in [1.29, 1.82) is 5.26 Å². The molecule has 1 fully saturated rings. The van der Waals surface area contributed by atoms with Gasteiger partial charge in [0, 0.05) is 25.4 Å². The largest absolute Gasteiger partial charge is 0.448 e. The molecule has 1 aliphatic carbocycles. The predicted molar refractivity (Wildman–Crippen MR) is 99.6 cm³/mol. The molecule has 4 nitrogen and oxygen atoms in total. The molecule has 4 heteroatoms. The first-order chi connectivity index (χ1) is 12.8. The molecule has 0 spiro atoms. The van der Waals surface area contributed by atoms with Gasteiger partial charge in [-0.3, -0.25) is 0 Å². The van der Waals surface area contributed by atoms with Crippen molar-refractivity contribution in [3.05, 3.63) is 59.7 Å². The van der Waals surface area contributed by atoms with Crippen LogP contribution in [-0.2, 0) is 4.74 Å². The lowest BCUT2D eigenvalue weighted by Crippen LogP contribution is -2.40. The summed E-state index contributed by atoms with van der Waals surface area (Å²) in [4.78, 5) is 14.3. The number of nitriles is 1. The predicted octanol–water partition coefficient (Wildman–Crippen LogP) is 4.56. The van der Waals surface area contributed by atoms with Crippen LogP contribution >= 0.6 is 0 Å². The Labute approximate surface area is 154 Å². The minimum Gasteiger partial charge on any atom is -0.448 e. The van der Waals surface area contributed by atoms with Gasteiger partial charge in [0.05, 0.1) is 6.07 Å². The standard InChI is InChI=1S/C22H22N2O2/c23-12-11-16-6-5-13-24(14-16)22(25)26-15-21-19-9-3-1-7-17(19)18-8-2-4-10-20(18)21/h1-4,7-10,16,21H,5-6,11,13-15H2. The van der Waals surface area contributed by atoms with E-state index in [4.69, 9.17) is 10.00 Å². The summed E-state index contributed by atoms with van der Waals surface area (Å²) in [7, 11) is 0. The van der Waals surface area contributed by atoms with Gasteiger partial charge in [-0.05, 0) is 41.0 Å². The highest BCUT2D eigenvalue weighted by Gasteiger charge is 2.30. The quantitative estimate of drug-likeness (QED) is 0.818. The van der Waals surface area contributed by atoms with Crippen molar-refractivity contribution in [2.45, 2.75) is 25.2 Å². The molecule has 1 atom stereocenters. The number of nitrogens with zero attached hydrogens (tertiary/aromatic N) is 2. The van der Waals surface area contributed by atoms with Crippen LogP contribution in [0.1, 0.15) is 36.3 Å². The molecule has 0 radical (unpaired) electrons. The lowest BCUT2D eigenvalue weighted by Gasteiger charge is -2.31. The molecule has 0 aromatic heterocycles. The number of carbonyl (C=O) groups excluding carboxylic acids is 1. The third-order valence-corrected chi connectivity index (χ3v) is 5.49. The van der Waals surface area contributed by atoms with Crippen molar-refractivity contribution in [3.63, 3.8) is 0 Å². The molecule has 2 aromatic carbocycles. The van der Waals surface area contributed by atoms with Gasteiger partial charge in [0.2, 0.25) is 0 Å². The van der Waals surface area contributed by atoms with E-state index in [1.54, 1.807) is 4.90 Å². The van der Waals surface area contributed by atoms with Gasteiger partial charge in [-0.25, -0.2) is 4.79 Å². The Morgan fingerprint density at radius 1 is 1.12 bits per heavy atom. The van der Waals surface area contributed by atoms with Gasteiger partial charge in [-0.15, -0.1) is 0 Å². The highest BCUT2D eigenvalue weighted by Crippen LogP contribution is 2.44. The van der Waals surface area contributed by atoms with E-state index in [0.29, 0.717) is 19.6 Å². The van der Waals surface area contributed by atoms with Crippen molar-refractivity contribution < 1.29 is 9.53 Å². The lowest BCUT2D eigenvalue weighted by molar-refractivity contribution is 0.0828. The Balaban J connectivity index is 1.46. The second-order valence-corrected chi connectivity index (χ2v) is 7.12. The summed E-state index contributed by atoms with van der Waals surface area (Å²) in [5.41, 5.74) is 4.91. The molecule has 1 saturated heterocycles. The normalized spacial score (nSPS) is 18.7. The Hall–Kier alpha value is -2.80. The van der Waals surface area contributed by atoms with E-state index in [2.05, 4.69) is 30.3 Å². The minimum atomic E-state index is -0.255. The van der Waals surface area contributed by atoms with Gasteiger partial charge >= 0.3 is 6.09 Å². The Morgan fingerprint density at radius 2 is 1.77 bits per heavy atom. The highest BCUT2D eigenvalue weighted by atomic mass is 16.6. The van der Waals surface area contributed by atoms with Gasteiger partial charge in [0.1, 0.15) is 6.61 Å². The van der Waals surface area contributed by atoms with Crippen LogP contribution in [0.3, 0.4) is 0 Å². The summed E-state index contributed by atoms with van der Waals surface area (Å²) < 4.78 is 5.71. The SMILES string of the molecule is N#CCC1CCCN(C(=O)OCC2c3ccccc3-c3ccccc32)C1. The van der Waals surface area contributed by atoms with E-state index in [1.165, 1.54) is 22.3 Å². The van der Waals surface area contributed by atoms with Gasteiger partial charge in [0.15, 0.2) is 0 Å². The van der Waals surface area contributed by atoms with Gasteiger partial charge in [-0.2, -0.15) is 5.26 Å². The summed E-state index contributed by atoms with van der Waals surface area (Å²) in [6, 6.07) is 18.9. The van der Waals surface area contributed by atoms with Crippen LogP contribution < -0.4 is 0 Å². The van der Waals surface area contributed by atoms with Crippen LogP contribution in [-0.4, -0.2) is 30.7 Å². The highest BCUT2D eigenvalue weighted by molar-refractivity contribution is 5.79. The molecular formula is C22H22N2O2. The smallest absolute Gasteiger partial charge is 0.409 e. The van der Waals surface area contributed by atoms with Gasteiger partial charge < -0.3 is 9.64 Å². The molecule has 132 valence electrons. The van der Waals surface area contributed by atoms with Crippen LogP contribution in [0.4, 0.5) is 4.79 Å². The summed E-state index contributed by atoms with van der Waals surface area (Å²) in [6.07, 6.45) is 2.21. The van der Waals surface area contributed by atoms with Crippen molar-refractivity contribution in [1.82, 2.24) is 4.90 Å². The number of carbonyl (C=O) groups is 1. The van der Waals surface area contributed by atoms with Crippen molar-refractivity contribution in [3.8, 4) is 17.2 Å². The topological polar surface area (TPSA) is 53.3 Å². The summed E-state index contributed by atoms with van der Waals surface area (Å²) in [5.74, 6) is 0.361. The van der Waals surface area contributed by atoms with Crippen molar-refractivity contribution in [2.75, 3.05) is 19.7 Å². The van der Waals surface area contributed by atoms with Crippen LogP contribution in [0.5, 0.6) is 0 Å². The fourth-order valence-electron chi connectivity index (χ4n) is 4.21. The van der Waals surface area contributed by atoms with Gasteiger partial charge in [0.25, 0.3) is 0 Å². The monoisotopic (exact) mass is 346 g/mol. The van der Waals surface area contributed by atoms with E-state index < -0.39 is 0 Å². The maximum absolute atomic E-state index is 12.5. The molecule has 0 bridgehead atoms. The maximum Gasteiger partial charge on any atom is 0.409 e. The van der Waals surface area contributed by atoms with E-state index in [0.717, 1.165) is 19.4 Å². The average molecular weight is 346 g/mol.